The van der Waals surface area contributed by atoms with Gasteiger partial charge in [0.25, 0.3) is 5.92 Å². The van der Waals surface area contributed by atoms with Crippen LogP contribution in [-0.2, 0) is 11.3 Å². The van der Waals surface area contributed by atoms with E-state index in [1.807, 2.05) is 19.1 Å². The van der Waals surface area contributed by atoms with Crippen LogP contribution in [0.25, 0.3) is 33.1 Å². The third kappa shape index (κ3) is 4.28. The summed E-state index contributed by atoms with van der Waals surface area (Å²) in [5.74, 6) is -1.10. The third-order valence-corrected chi connectivity index (χ3v) is 6.39. The Balaban J connectivity index is 1.68. The molecule has 1 aromatic carbocycles. The van der Waals surface area contributed by atoms with E-state index in [2.05, 4.69) is 19.9 Å². The first kappa shape index (κ1) is 24.4. The van der Waals surface area contributed by atoms with E-state index in [0.717, 1.165) is 11.1 Å². The van der Waals surface area contributed by atoms with Crippen molar-refractivity contribution in [3.05, 3.63) is 35.6 Å². The number of rotatable bonds is 8. The molecule has 36 heavy (non-hydrogen) atoms. The molecule has 0 radical (unpaired) electrons. The number of alkyl halides is 4. The molecule has 1 aliphatic heterocycles. The van der Waals surface area contributed by atoms with E-state index in [1.165, 1.54) is 0 Å². The van der Waals surface area contributed by atoms with Crippen LogP contribution in [0.2, 0.25) is 0 Å². The maximum absolute atomic E-state index is 13.5. The summed E-state index contributed by atoms with van der Waals surface area (Å²) < 4.78 is 70.0. The molecular weight excluding hydrogens is 482 g/mol. The van der Waals surface area contributed by atoms with Crippen LogP contribution in [-0.4, -0.2) is 63.9 Å². The summed E-state index contributed by atoms with van der Waals surface area (Å²) in [7, 11) is 1.54. The van der Waals surface area contributed by atoms with E-state index in [-0.39, 0.29) is 26.2 Å². The number of nitrogens with zero attached hydrogens (tertiary/aromatic N) is 5. The van der Waals surface area contributed by atoms with Gasteiger partial charge in [-0.05, 0) is 32.9 Å². The predicted molar refractivity (Wildman–Crippen MR) is 123 cm³/mol. The molecule has 5 rings (SSSR count). The van der Waals surface area contributed by atoms with Crippen molar-refractivity contribution in [2.75, 3.05) is 26.8 Å². The summed E-state index contributed by atoms with van der Waals surface area (Å²) in [6, 6.07) is 3.11. The molecule has 4 aromatic rings. The van der Waals surface area contributed by atoms with Gasteiger partial charge in [0.15, 0.2) is 0 Å². The standard InChI is InChI=1S/C24H25F4N5O3/c1-12(9-35-23(25)26)33-20(8-32-10-24(27,28)11-32)30-18-7-29-17-5-16(21-13(2)31-36-14(21)3)19(34-4)6-15(17)22(18)33/h5-7,12,23H,8-11H2,1-4H3/t12-/m1/s1. The van der Waals surface area contributed by atoms with Crippen LogP contribution < -0.4 is 4.74 Å². The molecule has 1 atom stereocenters. The van der Waals surface area contributed by atoms with Gasteiger partial charge >= 0.3 is 6.61 Å². The van der Waals surface area contributed by atoms with Gasteiger partial charge in [-0.1, -0.05) is 5.16 Å². The lowest BCUT2D eigenvalue weighted by Crippen LogP contribution is -2.55. The Labute approximate surface area is 203 Å². The third-order valence-electron chi connectivity index (χ3n) is 6.39. The molecule has 0 amide bonds. The summed E-state index contributed by atoms with van der Waals surface area (Å²) in [4.78, 5) is 10.8. The molecule has 1 fully saturated rings. The molecule has 0 aliphatic carbocycles. The molecular formula is C24H25F4N5O3. The fourth-order valence-electron chi connectivity index (χ4n) is 4.88. The number of methoxy groups -OCH3 is 1. The van der Waals surface area contributed by atoms with Gasteiger partial charge in [-0.15, -0.1) is 0 Å². The summed E-state index contributed by atoms with van der Waals surface area (Å²) in [5.41, 5.74) is 4.00. The molecule has 0 bridgehead atoms. The smallest absolute Gasteiger partial charge is 0.345 e. The van der Waals surface area contributed by atoms with E-state index < -0.39 is 18.6 Å². The van der Waals surface area contributed by atoms with Crippen LogP contribution in [0.5, 0.6) is 5.75 Å². The van der Waals surface area contributed by atoms with E-state index in [9.17, 15) is 17.6 Å². The normalized spacial score (nSPS) is 16.7. The molecule has 8 nitrogen and oxygen atoms in total. The maximum Gasteiger partial charge on any atom is 0.345 e. The summed E-state index contributed by atoms with van der Waals surface area (Å²) in [6.45, 7) is 1.51. The SMILES string of the molecule is COc1cc2c(cc1-c1c(C)noc1C)ncc1nc(CN3CC(F)(F)C3)n([C@H](C)COC(F)F)c12. The number of benzene rings is 1. The number of likely N-dealkylation sites (tertiary alicyclic amines) is 1. The monoisotopic (exact) mass is 507 g/mol. The largest absolute Gasteiger partial charge is 0.496 e. The van der Waals surface area contributed by atoms with E-state index in [0.29, 0.717) is 45.0 Å². The first-order chi connectivity index (χ1) is 17.1. The second kappa shape index (κ2) is 9.00. The highest BCUT2D eigenvalue weighted by Gasteiger charge is 2.44. The van der Waals surface area contributed by atoms with Crippen LogP contribution in [0, 0.1) is 13.8 Å². The number of hydrogen-bond donors (Lipinski definition) is 0. The van der Waals surface area contributed by atoms with Gasteiger partial charge in [-0.3, -0.25) is 9.88 Å². The Bertz CT molecular complexity index is 1410. The molecule has 3 aromatic heterocycles. The average molecular weight is 507 g/mol. The lowest BCUT2D eigenvalue weighted by atomic mass is 10.0. The number of hydrogen-bond acceptors (Lipinski definition) is 7. The van der Waals surface area contributed by atoms with E-state index in [1.54, 1.807) is 36.6 Å². The number of pyridine rings is 1. The van der Waals surface area contributed by atoms with Crippen LogP contribution in [0.15, 0.2) is 22.9 Å². The number of halogens is 4. The van der Waals surface area contributed by atoms with Crippen molar-refractivity contribution in [2.24, 2.45) is 0 Å². The fraction of sp³-hybridized carbons (Fsp3) is 0.458. The second-order valence-corrected chi connectivity index (χ2v) is 9.10. The van der Waals surface area contributed by atoms with Gasteiger partial charge in [0.1, 0.15) is 22.9 Å². The number of aromatic nitrogens is 4. The average Bonchev–Trinajstić information content (AvgIpc) is 3.34. The lowest BCUT2D eigenvalue weighted by molar-refractivity contribution is -0.138. The van der Waals surface area contributed by atoms with Gasteiger partial charge in [0.2, 0.25) is 0 Å². The maximum atomic E-state index is 13.5. The van der Waals surface area contributed by atoms with Crippen LogP contribution >= 0.6 is 0 Å². The van der Waals surface area contributed by atoms with Crippen molar-refractivity contribution < 1.29 is 31.6 Å². The van der Waals surface area contributed by atoms with Gasteiger partial charge in [-0.25, -0.2) is 13.8 Å². The Morgan fingerprint density at radius 2 is 1.92 bits per heavy atom. The minimum atomic E-state index is -2.93. The second-order valence-electron chi connectivity index (χ2n) is 9.10. The topological polar surface area (TPSA) is 78.4 Å². The van der Waals surface area contributed by atoms with Gasteiger partial charge in [0.05, 0.1) is 67.9 Å². The molecule has 1 saturated heterocycles. The van der Waals surface area contributed by atoms with Gasteiger partial charge < -0.3 is 18.6 Å². The quantitative estimate of drug-likeness (QED) is 0.307. The summed E-state index contributed by atoms with van der Waals surface area (Å²) in [6.07, 6.45) is 1.59. The highest BCUT2D eigenvalue weighted by Crippen LogP contribution is 2.40. The van der Waals surface area contributed by atoms with Gasteiger partial charge in [-0.2, -0.15) is 8.78 Å². The lowest BCUT2D eigenvalue weighted by Gasteiger charge is -2.38. The number of imidazole rings is 1. The Hall–Kier alpha value is -3.25. The summed E-state index contributed by atoms with van der Waals surface area (Å²) >= 11 is 0. The van der Waals surface area contributed by atoms with Crippen molar-refractivity contribution in [2.45, 2.75) is 45.9 Å². The van der Waals surface area contributed by atoms with Crippen molar-refractivity contribution in [1.29, 1.82) is 0 Å². The van der Waals surface area contributed by atoms with Crippen molar-refractivity contribution in [1.82, 2.24) is 24.6 Å². The number of fused-ring (bicyclic) bond motifs is 3. The minimum absolute atomic E-state index is 0.138. The summed E-state index contributed by atoms with van der Waals surface area (Å²) in [5, 5.41) is 4.70. The van der Waals surface area contributed by atoms with Gasteiger partial charge in [0, 0.05) is 10.9 Å². The van der Waals surface area contributed by atoms with Crippen molar-refractivity contribution >= 4 is 21.9 Å². The predicted octanol–water partition coefficient (Wildman–Crippen LogP) is 5.12. The molecule has 0 spiro atoms. The van der Waals surface area contributed by atoms with E-state index >= 15 is 0 Å². The Morgan fingerprint density at radius 1 is 1.17 bits per heavy atom. The zero-order chi connectivity index (χ0) is 25.8. The first-order valence-corrected chi connectivity index (χ1v) is 11.4. The highest BCUT2D eigenvalue weighted by molar-refractivity contribution is 6.05. The first-order valence-electron chi connectivity index (χ1n) is 11.4. The molecule has 192 valence electrons. The molecule has 12 heteroatoms. The molecule has 0 unspecified atom stereocenters. The zero-order valence-corrected chi connectivity index (χ0v) is 20.2. The van der Waals surface area contributed by atoms with Crippen LogP contribution in [0.3, 0.4) is 0 Å². The zero-order valence-electron chi connectivity index (χ0n) is 20.2. The highest BCUT2D eigenvalue weighted by atomic mass is 19.3. The van der Waals surface area contributed by atoms with Crippen molar-refractivity contribution in [3.63, 3.8) is 0 Å². The molecule has 4 heterocycles. The number of aryl methyl sites for hydroxylation is 2. The minimum Gasteiger partial charge on any atom is -0.496 e. The molecule has 0 saturated carbocycles. The Kier molecular flexibility index (Phi) is 6.11. The number of ether oxygens (including phenoxy) is 2. The van der Waals surface area contributed by atoms with Crippen molar-refractivity contribution in [3.8, 4) is 16.9 Å². The van der Waals surface area contributed by atoms with Crippen LogP contribution in [0.4, 0.5) is 17.6 Å². The fourth-order valence-corrected chi connectivity index (χ4v) is 4.88. The Morgan fingerprint density at radius 3 is 2.53 bits per heavy atom. The van der Waals surface area contributed by atoms with Crippen LogP contribution in [0.1, 0.15) is 30.2 Å². The molecule has 1 aliphatic rings. The molecule has 0 N–H and O–H groups in total. The van der Waals surface area contributed by atoms with E-state index in [4.69, 9.17) is 9.26 Å².